The number of rotatable bonds is 4. The van der Waals surface area contributed by atoms with E-state index in [1.54, 1.807) is 17.0 Å². The highest BCUT2D eigenvalue weighted by Gasteiger charge is 2.35. The van der Waals surface area contributed by atoms with Crippen LogP contribution < -0.4 is 15.5 Å². The molecule has 0 bridgehead atoms. The molecule has 2 N–H and O–H groups in total. The van der Waals surface area contributed by atoms with Crippen LogP contribution in [0.5, 0.6) is 0 Å². The maximum absolute atomic E-state index is 12.6. The number of hydrogen-bond acceptors (Lipinski definition) is 5. The topological polar surface area (TPSA) is 122 Å². The molecule has 9 heteroatoms. The minimum atomic E-state index is -1.02. The van der Waals surface area contributed by atoms with Crippen LogP contribution in [0.1, 0.15) is 24.8 Å². The lowest BCUT2D eigenvalue weighted by Gasteiger charge is -2.30. The third kappa shape index (κ3) is 4.00. The number of carbonyl (C=O) groups excluding carboxylic acids is 3. The van der Waals surface area contributed by atoms with Gasteiger partial charge in [-0.05, 0) is 49.4 Å². The van der Waals surface area contributed by atoms with Crippen molar-refractivity contribution in [1.29, 1.82) is 0 Å². The van der Waals surface area contributed by atoms with E-state index in [0.717, 1.165) is 36.9 Å². The Morgan fingerprint density at radius 1 is 1.03 bits per heavy atom. The fourth-order valence-electron chi connectivity index (χ4n) is 3.54. The molecule has 1 saturated carbocycles. The van der Waals surface area contributed by atoms with Crippen molar-refractivity contribution >= 4 is 40.5 Å². The largest absolute Gasteiger partial charge is 0.318 e. The van der Waals surface area contributed by atoms with Gasteiger partial charge in [-0.1, -0.05) is 18.2 Å². The molecule has 1 aliphatic carbocycles. The zero-order chi connectivity index (χ0) is 21.3. The van der Waals surface area contributed by atoms with Crippen LogP contribution >= 0.6 is 0 Å². The normalized spacial score (nSPS) is 15.1. The van der Waals surface area contributed by atoms with Crippen LogP contribution in [0.25, 0.3) is 0 Å². The van der Waals surface area contributed by atoms with E-state index in [1.807, 2.05) is 6.07 Å². The summed E-state index contributed by atoms with van der Waals surface area (Å²) in [5, 5.41) is 15.8. The number of carbonyl (C=O) groups is 3. The van der Waals surface area contributed by atoms with Crippen molar-refractivity contribution in [1.82, 2.24) is 0 Å². The highest BCUT2D eigenvalue weighted by molar-refractivity contribution is 6.43. The highest BCUT2D eigenvalue weighted by Crippen LogP contribution is 2.37. The van der Waals surface area contributed by atoms with E-state index in [0.29, 0.717) is 12.2 Å². The molecule has 2 aromatic rings. The summed E-state index contributed by atoms with van der Waals surface area (Å²) in [5.41, 5.74) is 1.80. The smallest absolute Gasteiger partial charge is 0.314 e. The van der Waals surface area contributed by atoms with Crippen LogP contribution in [-0.2, 0) is 20.8 Å². The maximum Gasteiger partial charge on any atom is 0.314 e. The predicted octanol–water partition coefficient (Wildman–Crippen LogP) is 2.86. The van der Waals surface area contributed by atoms with Gasteiger partial charge in [-0.25, -0.2) is 0 Å². The molecular weight excluding hydrogens is 388 g/mol. The van der Waals surface area contributed by atoms with Crippen molar-refractivity contribution in [3.8, 4) is 0 Å². The van der Waals surface area contributed by atoms with E-state index in [9.17, 15) is 24.5 Å². The second-order valence-electron chi connectivity index (χ2n) is 7.39. The summed E-state index contributed by atoms with van der Waals surface area (Å²) in [7, 11) is 0. The average Bonchev–Trinajstić information content (AvgIpc) is 3.58. The summed E-state index contributed by atoms with van der Waals surface area (Å²) in [4.78, 5) is 49.3. The number of amides is 3. The number of aryl methyl sites for hydroxylation is 1. The molecule has 0 atom stereocenters. The minimum absolute atomic E-state index is 0.0608. The Morgan fingerprint density at radius 3 is 2.50 bits per heavy atom. The molecule has 2 aromatic carbocycles. The van der Waals surface area contributed by atoms with Gasteiger partial charge in [0.1, 0.15) is 5.69 Å². The first kappa shape index (κ1) is 19.6. The van der Waals surface area contributed by atoms with Gasteiger partial charge in [0.05, 0.1) is 4.92 Å². The lowest BCUT2D eigenvalue weighted by atomic mass is 10.0. The summed E-state index contributed by atoms with van der Waals surface area (Å²) < 4.78 is 0. The molecule has 3 amide bonds. The van der Waals surface area contributed by atoms with Gasteiger partial charge in [-0.15, -0.1) is 0 Å². The van der Waals surface area contributed by atoms with Crippen molar-refractivity contribution < 1.29 is 19.3 Å². The van der Waals surface area contributed by atoms with E-state index < -0.39 is 16.7 Å². The van der Waals surface area contributed by atoms with Crippen molar-refractivity contribution in [2.75, 3.05) is 22.1 Å². The van der Waals surface area contributed by atoms with E-state index in [1.165, 1.54) is 24.3 Å². The van der Waals surface area contributed by atoms with Crippen molar-refractivity contribution in [3.05, 3.63) is 58.1 Å². The molecule has 0 spiro atoms. The summed E-state index contributed by atoms with van der Waals surface area (Å²) in [6.45, 7) is 0.637. The third-order valence-corrected chi connectivity index (χ3v) is 5.21. The van der Waals surface area contributed by atoms with E-state index in [2.05, 4.69) is 10.6 Å². The first-order chi connectivity index (χ1) is 14.4. The molecule has 4 rings (SSSR count). The van der Waals surface area contributed by atoms with Crippen LogP contribution in [0.2, 0.25) is 0 Å². The number of nitro benzene ring substituents is 1. The highest BCUT2D eigenvalue weighted by atomic mass is 16.6. The number of nitrogens with one attached hydrogen (secondary N) is 2. The number of anilines is 3. The second kappa shape index (κ2) is 7.94. The van der Waals surface area contributed by atoms with Gasteiger partial charge in [-0.2, -0.15) is 0 Å². The van der Waals surface area contributed by atoms with Crippen molar-refractivity contribution in [2.24, 2.45) is 5.92 Å². The fraction of sp³-hybridized carbons (Fsp3) is 0.286. The van der Waals surface area contributed by atoms with E-state index in [-0.39, 0.29) is 23.2 Å². The zero-order valence-corrected chi connectivity index (χ0v) is 16.1. The van der Waals surface area contributed by atoms with Crippen LogP contribution in [0, 0.1) is 16.0 Å². The number of hydrogen-bond donors (Lipinski definition) is 2. The molecule has 30 heavy (non-hydrogen) atoms. The molecule has 1 fully saturated rings. The van der Waals surface area contributed by atoms with Gasteiger partial charge in [0.2, 0.25) is 5.91 Å². The Labute approximate surface area is 172 Å². The Kier molecular flexibility index (Phi) is 5.18. The molecule has 0 unspecified atom stereocenters. The molecule has 0 radical (unpaired) electrons. The first-order valence-corrected chi connectivity index (χ1v) is 9.74. The Hall–Kier alpha value is -3.75. The molecule has 2 aliphatic rings. The Balaban J connectivity index is 1.48. The number of benzene rings is 2. The number of nitro groups is 1. The standard InChI is InChI=1S/C21H20N4O5/c26-19(20(27)23-16-5-1-2-6-17(16)25(29)30)22-15-10-9-13-4-3-11-24(18(13)12-15)21(28)14-7-8-14/h1-2,5-6,9-10,12,14H,3-4,7-8,11H2,(H,22,26)(H,23,27). The van der Waals surface area contributed by atoms with E-state index >= 15 is 0 Å². The lowest BCUT2D eigenvalue weighted by Crippen LogP contribution is -2.36. The van der Waals surface area contributed by atoms with Crippen molar-refractivity contribution in [3.63, 3.8) is 0 Å². The molecule has 1 heterocycles. The molecule has 1 aliphatic heterocycles. The molecule has 9 nitrogen and oxygen atoms in total. The monoisotopic (exact) mass is 408 g/mol. The Morgan fingerprint density at radius 2 is 1.77 bits per heavy atom. The van der Waals surface area contributed by atoms with Gasteiger partial charge in [-0.3, -0.25) is 24.5 Å². The van der Waals surface area contributed by atoms with Gasteiger partial charge in [0.15, 0.2) is 0 Å². The summed E-state index contributed by atoms with van der Waals surface area (Å²) >= 11 is 0. The predicted molar refractivity (Wildman–Crippen MR) is 110 cm³/mol. The molecule has 0 saturated heterocycles. The summed E-state index contributed by atoms with van der Waals surface area (Å²) in [6.07, 6.45) is 3.55. The number of para-hydroxylation sites is 2. The van der Waals surface area contributed by atoms with Gasteiger partial charge in [0.25, 0.3) is 5.69 Å². The Bertz CT molecular complexity index is 1050. The molecule has 0 aromatic heterocycles. The summed E-state index contributed by atoms with van der Waals surface area (Å²) in [5.74, 6) is -1.79. The third-order valence-electron chi connectivity index (χ3n) is 5.21. The van der Waals surface area contributed by atoms with Crippen LogP contribution in [0.4, 0.5) is 22.7 Å². The fourth-order valence-corrected chi connectivity index (χ4v) is 3.54. The van der Waals surface area contributed by atoms with Crippen LogP contribution in [0.15, 0.2) is 42.5 Å². The summed E-state index contributed by atoms with van der Waals surface area (Å²) in [6, 6.07) is 10.8. The van der Waals surface area contributed by atoms with E-state index in [4.69, 9.17) is 0 Å². The number of fused-ring (bicyclic) bond motifs is 1. The maximum atomic E-state index is 12.6. The zero-order valence-electron chi connectivity index (χ0n) is 16.1. The quantitative estimate of drug-likeness (QED) is 0.458. The second-order valence-corrected chi connectivity index (χ2v) is 7.39. The molecular formula is C21H20N4O5. The van der Waals surface area contributed by atoms with Crippen LogP contribution in [-0.4, -0.2) is 29.2 Å². The van der Waals surface area contributed by atoms with Gasteiger partial charge in [0, 0.05) is 29.9 Å². The first-order valence-electron chi connectivity index (χ1n) is 9.74. The minimum Gasteiger partial charge on any atom is -0.318 e. The SMILES string of the molecule is O=C(Nc1ccc2c(c1)N(C(=O)C1CC1)CCC2)C(=O)Nc1ccccc1[N+](=O)[O-]. The molecule has 154 valence electrons. The van der Waals surface area contributed by atoms with Crippen molar-refractivity contribution in [2.45, 2.75) is 25.7 Å². The van der Waals surface area contributed by atoms with Gasteiger partial charge >= 0.3 is 11.8 Å². The number of nitrogens with zero attached hydrogens (tertiary/aromatic N) is 2. The van der Waals surface area contributed by atoms with Crippen LogP contribution in [0.3, 0.4) is 0 Å². The average molecular weight is 408 g/mol. The lowest BCUT2D eigenvalue weighted by molar-refractivity contribution is -0.383. The van der Waals surface area contributed by atoms with Gasteiger partial charge < -0.3 is 15.5 Å².